The van der Waals surface area contributed by atoms with Crippen molar-refractivity contribution >= 4 is 23.1 Å². The number of carboxylic acid groups (broad SMARTS) is 1. The molecule has 3 aromatic rings. The van der Waals surface area contributed by atoms with Gasteiger partial charge in [-0.3, -0.25) is 14.3 Å². The lowest BCUT2D eigenvalue weighted by Gasteiger charge is -2.15. The molecule has 3 heterocycles. The molecule has 12 nitrogen and oxygen atoms in total. The number of ether oxygens (including phenoxy) is 1. The minimum Gasteiger partial charge on any atom is -0.478 e. The lowest BCUT2D eigenvalue weighted by atomic mass is 10.0. The Kier molecular flexibility index (Phi) is 5.32. The molecule has 4 rings (SSSR count). The minimum absolute atomic E-state index is 0.0242. The van der Waals surface area contributed by atoms with E-state index < -0.39 is 48.4 Å². The fourth-order valence-electron chi connectivity index (χ4n) is 3.90. The van der Waals surface area contributed by atoms with Crippen molar-refractivity contribution in [2.24, 2.45) is 0 Å². The molecular formula is C19H20FN5O7. The molecule has 1 aliphatic heterocycles. The van der Waals surface area contributed by atoms with Crippen LogP contribution in [0.5, 0.6) is 0 Å². The van der Waals surface area contributed by atoms with Gasteiger partial charge in [0.2, 0.25) is 5.95 Å². The number of nitrogen functional groups attached to an aromatic ring is 1. The van der Waals surface area contributed by atoms with Crippen LogP contribution in [0.4, 0.5) is 10.3 Å². The maximum Gasteiger partial charge on any atom is 0.335 e. The van der Waals surface area contributed by atoms with Crippen LogP contribution in [0, 0.1) is 6.92 Å². The molecule has 0 aliphatic carbocycles. The second-order valence-corrected chi connectivity index (χ2v) is 7.44. The topological polar surface area (TPSA) is 186 Å². The van der Waals surface area contributed by atoms with Crippen LogP contribution in [0.3, 0.4) is 0 Å². The number of hydrogen-bond acceptors (Lipinski definition) is 8. The highest BCUT2D eigenvalue weighted by molar-refractivity contribution is 5.89. The maximum absolute atomic E-state index is 14.3. The van der Waals surface area contributed by atoms with E-state index in [9.17, 15) is 34.1 Å². The van der Waals surface area contributed by atoms with Crippen molar-refractivity contribution in [2.75, 3.05) is 12.3 Å². The molecule has 170 valence electrons. The summed E-state index contributed by atoms with van der Waals surface area (Å²) in [4.78, 5) is 43.7. The monoisotopic (exact) mass is 449 g/mol. The Morgan fingerprint density at radius 3 is 2.72 bits per heavy atom. The first-order chi connectivity index (χ1) is 15.1. The first kappa shape index (κ1) is 21.7. The average Bonchev–Trinajstić information content (AvgIpc) is 3.16. The van der Waals surface area contributed by atoms with E-state index in [0.717, 1.165) is 9.13 Å². The van der Waals surface area contributed by atoms with Crippen LogP contribution in [0.15, 0.2) is 27.8 Å². The Labute approximate surface area is 178 Å². The molecule has 0 radical (unpaired) electrons. The van der Waals surface area contributed by atoms with Crippen LogP contribution in [0.2, 0.25) is 0 Å². The number of aromatic nitrogens is 4. The predicted octanol–water partition coefficient (Wildman–Crippen LogP) is -0.888. The molecule has 1 aliphatic rings. The summed E-state index contributed by atoms with van der Waals surface area (Å²) in [5.41, 5.74) is 4.37. The SMILES string of the molecule is Cc1c(Cn2c(=O)n([C@@H]3O[C@H](CO)[C@@H](F)[C@H]3O)c3nc(N)[nH]c(=O)c32)cccc1C(=O)O. The third-order valence-electron chi connectivity index (χ3n) is 5.56. The number of halogens is 1. The highest BCUT2D eigenvalue weighted by atomic mass is 19.1. The van der Waals surface area contributed by atoms with Gasteiger partial charge in [0.25, 0.3) is 5.56 Å². The number of benzene rings is 1. The van der Waals surface area contributed by atoms with E-state index in [1.54, 1.807) is 13.0 Å². The average molecular weight is 449 g/mol. The van der Waals surface area contributed by atoms with E-state index in [0.29, 0.717) is 11.1 Å². The van der Waals surface area contributed by atoms with Crippen molar-refractivity contribution in [3.63, 3.8) is 0 Å². The van der Waals surface area contributed by atoms with Gasteiger partial charge in [-0.25, -0.2) is 18.5 Å². The molecule has 0 amide bonds. The zero-order chi connectivity index (χ0) is 23.3. The first-order valence-electron chi connectivity index (χ1n) is 9.56. The van der Waals surface area contributed by atoms with Crippen molar-refractivity contribution in [2.45, 2.75) is 38.1 Å². The third-order valence-corrected chi connectivity index (χ3v) is 5.56. The molecule has 0 saturated carbocycles. The van der Waals surface area contributed by atoms with Crippen molar-refractivity contribution < 1.29 is 29.2 Å². The Balaban J connectivity index is 1.94. The van der Waals surface area contributed by atoms with Gasteiger partial charge in [0.15, 0.2) is 23.6 Å². The van der Waals surface area contributed by atoms with Gasteiger partial charge < -0.3 is 25.8 Å². The Bertz CT molecular complexity index is 1330. The predicted molar refractivity (Wildman–Crippen MR) is 108 cm³/mol. The quantitative estimate of drug-likeness (QED) is 0.329. The van der Waals surface area contributed by atoms with E-state index in [1.807, 2.05) is 0 Å². The Morgan fingerprint density at radius 1 is 1.38 bits per heavy atom. The molecule has 1 saturated heterocycles. The summed E-state index contributed by atoms with van der Waals surface area (Å²) in [5, 5.41) is 28.9. The summed E-state index contributed by atoms with van der Waals surface area (Å²) in [7, 11) is 0. The number of aromatic carboxylic acids is 1. The number of anilines is 1. The third kappa shape index (κ3) is 3.26. The second kappa shape index (κ2) is 7.85. The molecule has 1 fully saturated rings. The summed E-state index contributed by atoms with van der Waals surface area (Å²) >= 11 is 0. The number of rotatable bonds is 5. The molecular weight excluding hydrogens is 429 g/mol. The normalized spacial score (nSPS) is 23.1. The summed E-state index contributed by atoms with van der Waals surface area (Å²) in [5.74, 6) is -1.47. The molecule has 0 unspecified atom stereocenters. The van der Waals surface area contributed by atoms with Crippen LogP contribution < -0.4 is 17.0 Å². The van der Waals surface area contributed by atoms with Crippen LogP contribution in [-0.2, 0) is 11.3 Å². The fraction of sp³-hybridized carbons (Fsp3) is 0.368. The summed E-state index contributed by atoms with van der Waals surface area (Å²) in [6, 6.07) is 4.50. The number of fused-ring (bicyclic) bond motifs is 1. The van der Waals surface area contributed by atoms with E-state index in [4.69, 9.17) is 10.5 Å². The van der Waals surface area contributed by atoms with E-state index >= 15 is 0 Å². The van der Waals surface area contributed by atoms with E-state index in [1.165, 1.54) is 12.1 Å². The molecule has 4 atom stereocenters. The number of H-pyrrole nitrogens is 1. The van der Waals surface area contributed by atoms with Crippen molar-refractivity contribution in [1.29, 1.82) is 0 Å². The number of aliphatic hydroxyl groups excluding tert-OH is 2. The summed E-state index contributed by atoms with van der Waals surface area (Å²) < 4.78 is 21.5. The smallest absolute Gasteiger partial charge is 0.335 e. The zero-order valence-electron chi connectivity index (χ0n) is 16.7. The largest absolute Gasteiger partial charge is 0.478 e. The number of hydrogen-bond donors (Lipinski definition) is 5. The van der Waals surface area contributed by atoms with Gasteiger partial charge in [-0.05, 0) is 24.1 Å². The standard InChI is InChI=1S/C19H20FN5O7/c1-7-8(3-2-4-9(7)17(29)30)5-24-12-14(22-18(21)23-15(12)28)25(19(24)31)16-13(27)11(20)10(6-26)32-16/h2-4,10-11,13,16,26-27H,5-6H2,1H3,(H,29,30)(H3,21,22,23,28)/t10-,11-,13-,16-/m1/s1. The number of alkyl halides is 1. The lowest BCUT2D eigenvalue weighted by molar-refractivity contribution is -0.0513. The van der Waals surface area contributed by atoms with Gasteiger partial charge in [-0.1, -0.05) is 12.1 Å². The Hall–Kier alpha value is -3.55. The zero-order valence-corrected chi connectivity index (χ0v) is 16.7. The molecule has 0 bridgehead atoms. The number of carbonyl (C=O) groups is 1. The molecule has 2 aromatic heterocycles. The number of nitrogens with zero attached hydrogens (tertiary/aromatic N) is 3. The number of carboxylic acids is 1. The van der Waals surface area contributed by atoms with Crippen molar-refractivity contribution in [3.05, 3.63) is 55.7 Å². The number of nitrogens with one attached hydrogen (secondary N) is 1. The van der Waals surface area contributed by atoms with Crippen molar-refractivity contribution in [1.82, 2.24) is 19.1 Å². The number of nitrogens with two attached hydrogens (primary N) is 1. The van der Waals surface area contributed by atoms with Crippen LogP contribution in [0.1, 0.15) is 27.7 Å². The molecule has 6 N–H and O–H groups in total. The highest BCUT2D eigenvalue weighted by Gasteiger charge is 2.46. The number of imidazole rings is 1. The van der Waals surface area contributed by atoms with Crippen molar-refractivity contribution in [3.8, 4) is 0 Å². The maximum atomic E-state index is 14.3. The van der Waals surface area contributed by atoms with E-state index in [-0.39, 0.29) is 29.2 Å². The lowest BCUT2D eigenvalue weighted by Crippen LogP contribution is -2.34. The van der Waals surface area contributed by atoms with Gasteiger partial charge in [0.1, 0.15) is 12.2 Å². The van der Waals surface area contributed by atoms with Gasteiger partial charge in [0, 0.05) is 0 Å². The molecule has 13 heteroatoms. The summed E-state index contributed by atoms with van der Waals surface area (Å²) in [6.45, 7) is 0.613. The highest BCUT2D eigenvalue weighted by Crippen LogP contribution is 2.32. The van der Waals surface area contributed by atoms with Gasteiger partial charge in [0.05, 0.1) is 18.7 Å². The summed E-state index contributed by atoms with van der Waals surface area (Å²) in [6.07, 6.45) is -6.75. The van der Waals surface area contributed by atoms with E-state index in [2.05, 4.69) is 9.97 Å². The molecule has 0 spiro atoms. The molecule has 1 aromatic carbocycles. The second-order valence-electron chi connectivity index (χ2n) is 7.44. The minimum atomic E-state index is -1.98. The fourth-order valence-corrected chi connectivity index (χ4v) is 3.90. The first-order valence-corrected chi connectivity index (χ1v) is 9.56. The number of aliphatic hydroxyl groups is 2. The number of aromatic amines is 1. The van der Waals surface area contributed by atoms with Gasteiger partial charge in [-0.15, -0.1) is 0 Å². The van der Waals surface area contributed by atoms with Crippen LogP contribution >= 0.6 is 0 Å². The van der Waals surface area contributed by atoms with Gasteiger partial charge in [-0.2, -0.15) is 4.98 Å². The Morgan fingerprint density at radius 2 is 2.09 bits per heavy atom. The van der Waals surface area contributed by atoms with Crippen LogP contribution in [-0.4, -0.2) is 65.4 Å². The molecule has 32 heavy (non-hydrogen) atoms. The van der Waals surface area contributed by atoms with Gasteiger partial charge >= 0.3 is 11.7 Å². The van der Waals surface area contributed by atoms with Crippen LogP contribution in [0.25, 0.3) is 11.2 Å².